The number of anilines is 1. The molecule has 116 valence electrons. The Morgan fingerprint density at radius 1 is 1.33 bits per heavy atom. The van der Waals surface area contributed by atoms with Gasteiger partial charge in [0.15, 0.2) is 0 Å². The third kappa shape index (κ3) is 5.78. The molecule has 1 atom stereocenters. The number of nitrogens with zero attached hydrogens (tertiary/aromatic N) is 1. The fourth-order valence-electron chi connectivity index (χ4n) is 1.51. The normalized spacial score (nSPS) is 14.1. The summed E-state index contributed by atoms with van der Waals surface area (Å²) in [5.41, 5.74) is 4.38. The lowest BCUT2D eigenvalue weighted by atomic mass is 9.95. The summed E-state index contributed by atoms with van der Waals surface area (Å²) in [7, 11) is 0. The fourth-order valence-corrected chi connectivity index (χ4v) is 1.51. The molecule has 0 fully saturated rings. The Kier molecular flexibility index (Phi) is 4.90. The highest BCUT2D eigenvalue weighted by molar-refractivity contribution is 5.83. The number of amides is 1. The largest absolute Gasteiger partial charge is 0.480 e. The van der Waals surface area contributed by atoms with Crippen LogP contribution in [-0.2, 0) is 16.0 Å². The molecule has 1 aromatic rings. The average Bonchev–Trinajstić information content (AvgIpc) is 2.28. The van der Waals surface area contributed by atoms with Crippen molar-refractivity contribution in [3.63, 3.8) is 0 Å². The van der Waals surface area contributed by atoms with Gasteiger partial charge in [-0.25, -0.2) is 9.78 Å². The lowest BCUT2D eigenvalue weighted by Crippen LogP contribution is -2.46. The maximum Gasteiger partial charge on any atom is 0.413 e. The first-order valence-electron chi connectivity index (χ1n) is 6.47. The highest BCUT2D eigenvalue weighted by Gasteiger charge is 2.28. The zero-order valence-corrected chi connectivity index (χ0v) is 12.6. The smallest absolute Gasteiger partial charge is 0.413 e. The van der Waals surface area contributed by atoms with Crippen molar-refractivity contribution in [3.05, 3.63) is 23.9 Å². The Hall–Kier alpha value is -2.15. The van der Waals surface area contributed by atoms with Crippen molar-refractivity contribution in [1.29, 1.82) is 0 Å². The number of carboxylic acids is 1. The molecule has 7 nitrogen and oxygen atoms in total. The molecule has 1 rings (SSSR count). The number of carbonyl (C=O) groups excluding carboxylic acids is 1. The van der Waals surface area contributed by atoms with Crippen LogP contribution in [0.15, 0.2) is 18.3 Å². The highest BCUT2D eigenvalue weighted by Crippen LogP contribution is 2.14. The predicted molar refractivity (Wildman–Crippen MR) is 78.0 cm³/mol. The SMILES string of the molecule is CC(C)(C)OC(=O)Nc1ccc(CC(C)(N)C(=O)O)cn1. The van der Waals surface area contributed by atoms with Gasteiger partial charge in [0, 0.05) is 12.6 Å². The molecule has 21 heavy (non-hydrogen) atoms. The van der Waals surface area contributed by atoms with Gasteiger partial charge in [-0.15, -0.1) is 0 Å². The van der Waals surface area contributed by atoms with Gasteiger partial charge in [0.2, 0.25) is 0 Å². The second kappa shape index (κ2) is 6.09. The molecule has 1 aromatic heterocycles. The van der Waals surface area contributed by atoms with Crippen LogP contribution < -0.4 is 11.1 Å². The molecular weight excluding hydrogens is 274 g/mol. The van der Waals surface area contributed by atoms with E-state index in [0.29, 0.717) is 11.4 Å². The van der Waals surface area contributed by atoms with E-state index in [0.717, 1.165) is 0 Å². The Labute approximate surface area is 123 Å². The summed E-state index contributed by atoms with van der Waals surface area (Å²) in [5, 5.41) is 11.5. The van der Waals surface area contributed by atoms with Gasteiger partial charge >= 0.3 is 12.1 Å². The summed E-state index contributed by atoms with van der Waals surface area (Å²) >= 11 is 0. The first-order valence-corrected chi connectivity index (χ1v) is 6.47. The van der Waals surface area contributed by atoms with E-state index >= 15 is 0 Å². The van der Waals surface area contributed by atoms with Gasteiger partial charge in [-0.1, -0.05) is 6.07 Å². The number of rotatable bonds is 4. The Bertz CT molecular complexity index is 518. The lowest BCUT2D eigenvalue weighted by Gasteiger charge is -2.20. The quantitative estimate of drug-likeness (QED) is 0.780. The van der Waals surface area contributed by atoms with Crippen molar-refractivity contribution in [2.75, 3.05) is 5.32 Å². The van der Waals surface area contributed by atoms with Crippen LogP contribution in [0, 0.1) is 0 Å². The van der Waals surface area contributed by atoms with Gasteiger partial charge in [-0.3, -0.25) is 10.1 Å². The number of nitrogens with two attached hydrogens (primary N) is 1. The van der Waals surface area contributed by atoms with Crippen LogP contribution in [0.5, 0.6) is 0 Å². The molecular formula is C14H21N3O4. The van der Waals surface area contributed by atoms with E-state index in [1.807, 2.05) is 0 Å². The third-order valence-corrected chi connectivity index (χ3v) is 2.51. The average molecular weight is 295 g/mol. The van der Waals surface area contributed by atoms with Crippen molar-refractivity contribution in [2.45, 2.75) is 45.3 Å². The monoisotopic (exact) mass is 295 g/mol. The predicted octanol–water partition coefficient (Wildman–Crippen LogP) is 1.77. The van der Waals surface area contributed by atoms with Crippen molar-refractivity contribution >= 4 is 17.9 Å². The molecule has 0 saturated heterocycles. The third-order valence-electron chi connectivity index (χ3n) is 2.51. The van der Waals surface area contributed by atoms with E-state index in [2.05, 4.69) is 10.3 Å². The van der Waals surface area contributed by atoms with Gasteiger partial charge < -0.3 is 15.6 Å². The second-order valence-electron chi connectivity index (χ2n) is 6.08. The molecule has 1 heterocycles. The van der Waals surface area contributed by atoms with E-state index in [1.54, 1.807) is 32.9 Å². The molecule has 0 aliphatic rings. The summed E-state index contributed by atoms with van der Waals surface area (Å²) in [6, 6.07) is 3.23. The van der Waals surface area contributed by atoms with Crippen LogP contribution in [0.2, 0.25) is 0 Å². The molecule has 1 unspecified atom stereocenters. The summed E-state index contributed by atoms with van der Waals surface area (Å²) in [4.78, 5) is 26.5. The maximum atomic E-state index is 11.6. The van der Waals surface area contributed by atoms with Crippen LogP contribution in [0.1, 0.15) is 33.3 Å². The minimum atomic E-state index is -1.36. The standard InChI is InChI=1S/C14H21N3O4/c1-13(2,3)21-12(20)17-10-6-5-9(8-16-10)7-14(4,15)11(18)19/h5-6,8H,7,15H2,1-4H3,(H,18,19)(H,16,17,20). The number of nitrogens with one attached hydrogen (secondary N) is 1. The zero-order valence-electron chi connectivity index (χ0n) is 12.6. The van der Waals surface area contributed by atoms with E-state index in [4.69, 9.17) is 15.6 Å². The number of hydrogen-bond donors (Lipinski definition) is 3. The number of pyridine rings is 1. The van der Waals surface area contributed by atoms with Crippen molar-refractivity contribution in [3.8, 4) is 0 Å². The van der Waals surface area contributed by atoms with Crippen LogP contribution >= 0.6 is 0 Å². The Morgan fingerprint density at radius 3 is 2.38 bits per heavy atom. The highest BCUT2D eigenvalue weighted by atomic mass is 16.6. The molecule has 0 saturated carbocycles. The van der Waals surface area contributed by atoms with Crippen molar-refractivity contribution in [2.24, 2.45) is 5.73 Å². The first-order chi connectivity index (χ1) is 9.49. The van der Waals surface area contributed by atoms with E-state index in [-0.39, 0.29) is 6.42 Å². The minimum absolute atomic E-state index is 0.141. The van der Waals surface area contributed by atoms with E-state index < -0.39 is 23.2 Å². The number of carbonyl (C=O) groups is 2. The number of hydrogen-bond acceptors (Lipinski definition) is 5. The molecule has 0 aliphatic heterocycles. The first kappa shape index (κ1) is 16.9. The van der Waals surface area contributed by atoms with Gasteiger partial charge in [0.1, 0.15) is 17.0 Å². The molecule has 0 radical (unpaired) electrons. The topological polar surface area (TPSA) is 115 Å². The van der Waals surface area contributed by atoms with Crippen LogP contribution in [0.4, 0.5) is 10.6 Å². The molecule has 0 aliphatic carbocycles. The molecule has 0 spiro atoms. The fraction of sp³-hybridized carbons (Fsp3) is 0.500. The Morgan fingerprint density at radius 2 is 1.95 bits per heavy atom. The summed E-state index contributed by atoms with van der Waals surface area (Å²) in [6.07, 6.45) is 1.01. The summed E-state index contributed by atoms with van der Waals surface area (Å²) < 4.78 is 5.10. The minimum Gasteiger partial charge on any atom is -0.480 e. The molecule has 7 heteroatoms. The number of carboxylic acid groups (broad SMARTS) is 1. The molecule has 0 bridgehead atoms. The van der Waals surface area contributed by atoms with Gasteiger partial charge in [0.05, 0.1) is 0 Å². The second-order valence-corrected chi connectivity index (χ2v) is 6.08. The van der Waals surface area contributed by atoms with Crippen molar-refractivity contribution in [1.82, 2.24) is 4.98 Å². The van der Waals surface area contributed by atoms with E-state index in [9.17, 15) is 9.59 Å². The number of ether oxygens (including phenoxy) is 1. The zero-order chi connectivity index (χ0) is 16.3. The number of aromatic nitrogens is 1. The summed E-state index contributed by atoms with van der Waals surface area (Å²) in [5.74, 6) is -0.763. The van der Waals surface area contributed by atoms with Gasteiger partial charge in [-0.05, 0) is 39.3 Å². The lowest BCUT2D eigenvalue weighted by molar-refractivity contribution is -0.142. The maximum absolute atomic E-state index is 11.6. The van der Waals surface area contributed by atoms with Gasteiger partial charge in [0.25, 0.3) is 0 Å². The molecule has 1 amide bonds. The van der Waals surface area contributed by atoms with Crippen molar-refractivity contribution < 1.29 is 19.4 Å². The van der Waals surface area contributed by atoms with Crippen LogP contribution in [0.3, 0.4) is 0 Å². The van der Waals surface area contributed by atoms with E-state index in [1.165, 1.54) is 13.1 Å². The molecule has 4 N–H and O–H groups in total. The summed E-state index contributed by atoms with van der Waals surface area (Å²) in [6.45, 7) is 6.72. The van der Waals surface area contributed by atoms with Crippen LogP contribution in [0.25, 0.3) is 0 Å². The number of aliphatic carboxylic acids is 1. The molecule has 0 aromatic carbocycles. The van der Waals surface area contributed by atoms with Gasteiger partial charge in [-0.2, -0.15) is 0 Å². The van der Waals surface area contributed by atoms with Crippen LogP contribution in [-0.4, -0.2) is 33.3 Å². The Balaban J connectivity index is 2.67.